The maximum atomic E-state index is 3.58. The first kappa shape index (κ1) is 9.71. The molecule has 0 saturated carbocycles. The predicted molar refractivity (Wildman–Crippen MR) is 55.9 cm³/mol. The van der Waals surface area contributed by atoms with E-state index in [9.17, 15) is 0 Å². The van der Waals surface area contributed by atoms with Crippen LogP contribution in [-0.2, 0) is 13.6 Å². The summed E-state index contributed by atoms with van der Waals surface area (Å²) in [5.74, 6) is 0. The average Bonchev–Trinajstić information content (AvgIpc) is 2.63. The quantitative estimate of drug-likeness (QED) is 0.707. The van der Waals surface area contributed by atoms with Crippen molar-refractivity contribution in [2.24, 2.45) is 7.05 Å². The van der Waals surface area contributed by atoms with Gasteiger partial charge in [0.15, 0.2) is 0 Å². The molecule has 2 rings (SSSR count). The van der Waals surface area contributed by atoms with Crippen molar-refractivity contribution in [2.75, 3.05) is 6.54 Å². The summed E-state index contributed by atoms with van der Waals surface area (Å²) >= 11 is 0. The van der Waals surface area contributed by atoms with Crippen LogP contribution in [0, 0.1) is 0 Å². The van der Waals surface area contributed by atoms with Gasteiger partial charge in [0.05, 0.1) is 13.6 Å². The molecule has 0 radical (unpaired) electrons. The monoisotopic (exact) mass is 194 g/mol. The summed E-state index contributed by atoms with van der Waals surface area (Å²) in [6, 6.07) is 0.747. The Balaban J connectivity index is 1.76. The van der Waals surface area contributed by atoms with Gasteiger partial charge < -0.3 is 5.32 Å². The summed E-state index contributed by atoms with van der Waals surface area (Å²) in [6.07, 6.45) is 11.7. The number of rotatable bonds is 3. The van der Waals surface area contributed by atoms with Crippen LogP contribution in [0.25, 0.3) is 0 Å². The molecular weight excluding hydrogens is 174 g/mol. The molecular formula is C11H20N3+. The molecule has 0 bridgehead atoms. The molecule has 78 valence electrons. The molecule has 1 aromatic heterocycles. The Labute approximate surface area is 85.7 Å². The fourth-order valence-electron chi connectivity index (χ4n) is 2.11. The maximum Gasteiger partial charge on any atom is 0.243 e. The number of imidazole rings is 1. The van der Waals surface area contributed by atoms with Gasteiger partial charge in [-0.05, 0) is 19.4 Å². The minimum atomic E-state index is 0.747. The first-order valence-electron chi connectivity index (χ1n) is 5.59. The number of hydrogen-bond donors (Lipinski definition) is 1. The summed E-state index contributed by atoms with van der Waals surface area (Å²) in [5, 5.41) is 3.58. The molecule has 1 saturated heterocycles. The summed E-state index contributed by atoms with van der Waals surface area (Å²) in [6.45, 7) is 2.35. The van der Waals surface area contributed by atoms with Crippen LogP contribution in [-0.4, -0.2) is 17.2 Å². The van der Waals surface area contributed by atoms with Crippen LogP contribution >= 0.6 is 0 Å². The van der Waals surface area contributed by atoms with Crippen LogP contribution in [0.2, 0.25) is 0 Å². The number of nitrogens with one attached hydrogen (secondary N) is 1. The number of aryl methyl sites for hydroxylation is 2. The molecule has 1 fully saturated rings. The number of piperidine rings is 1. The van der Waals surface area contributed by atoms with Gasteiger partial charge >= 0.3 is 0 Å². The van der Waals surface area contributed by atoms with Crippen molar-refractivity contribution in [3.05, 3.63) is 18.7 Å². The van der Waals surface area contributed by atoms with Gasteiger partial charge in [-0.25, -0.2) is 9.13 Å². The molecule has 1 N–H and O–H groups in total. The molecule has 1 aliphatic rings. The Morgan fingerprint density at radius 3 is 3.07 bits per heavy atom. The van der Waals surface area contributed by atoms with Crippen molar-refractivity contribution in [2.45, 2.75) is 38.3 Å². The van der Waals surface area contributed by atoms with E-state index in [4.69, 9.17) is 0 Å². The van der Waals surface area contributed by atoms with Crippen molar-refractivity contribution >= 4 is 0 Å². The topological polar surface area (TPSA) is 20.8 Å². The fourth-order valence-corrected chi connectivity index (χ4v) is 2.11. The highest BCUT2D eigenvalue weighted by atomic mass is 15.1. The summed E-state index contributed by atoms with van der Waals surface area (Å²) in [7, 11) is 2.06. The molecule has 3 nitrogen and oxygen atoms in total. The third-order valence-electron chi connectivity index (χ3n) is 2.97. The lowest BCUT2D eigenvalue weighted by atomic mass is 10.0. The third-order valence-corrected chi connectivity index (χ3v) is 2.97. The van der Waals surface area contributed by atoms with Crippen molar-refractivity contribution in [1.29, 1.82) is 0 Å². The Morgan fingerprint density at radius 1 is 1.50 bits per heavy atom. The van der Waals surface area contributed by atoms with E-state index in [1.807, 2.05) is 0 Å². The summed E-state index contributed by atoms with van der Waals surface area (Å²) in [5.41, 5.74) is 0. The van der Waals surface area contributed by atoms with Gasteiger partial charge in [-0.3, -0.25) is 0 Å². The van der Waals surface area contributed by atoms with Crippen LogP contribution in [0.15, 0.2) is 18.7 Å². The number of aromatic nitrogens is 2. The van der Waals surface area contributed by atoms with Crippen LogP contribution in [0.1, 0.15) is 25.7 Å². The van der Waals surface area contributed by atoms with Gasteiger partial charge in [-0.2, -0.15) is 0 Å². The largest absolute Gasteiger partial charge is 0.314 e. The minimum absolute atomic E-state index is 0.747. The van der Waals surface area contributed by atoms with Gasteiger partial charge in [0, 0.05) is 12.5 Å². The SMILES string of the molecule is C[n+]1ccn(CCC2CCCCN2)c1. The lowest BCUT2D eigenvalue weighted by molar-refractivity contribution is -0.671. The molecule has 1 aliphatic heterocycles. The van der Waals surface area contributed by atoms with E-state index in [0.717, 1.165) is 12.6 Å². The molecule has 0 aliphatic carbocycles. The molecule has 1 unspecified atom stereocenters. The van der Waals surface area contributed by atoms with E-state index in [1.54, 1.807) is 0 Å². The number of nitrogens with zero attached hydrogens (tertiary/aromatic N) is 2. The van der Waals surface area contributed by atoms with Gasteiger partial charge in [-0.15, -0.1) is 0 Å². The Hall–Kier alpha value is -0.830. The van der Waals surface area contributed by atoms with Crippen LogP contribution < -0.4 is 9.88 Å². The third kappa shape index (κ3) is 2.58. The second kappa shape index (κ2) is 4.60. The zero-order valence-corrected chi connectivity index (χ0v) is 8.95. The van der Waals surface area contributed by atoms with E-state index < -0.39 is 0 Å². The van der Waals surface area contributed by atoms with Crippen molar-refractivity contribution < 1.29 is 4.57 Å². The van der Waals surface area contributed by atoms with Crippen molar-refractivity contribution in [1.82, 2.24) is 9.88 Å². The molecule has 14 heavy (non-hydrogen) atoms. The zero-order valence-electron chi connectivity index (χ0n) is 8.95. The minimum Gasteiger partial charge on any atom is -0.314 e. The standard InChI is InChI=1S/C11H20N3/c1-13-8-9-14(10-13)7-5-11-4-2-3-6-12-11/h8-12H,2-7H2,1H3/q+1. The van der Waals surface area contributed by atoms with Crippen LogP contribution in [0.3, 0.4) is 0 Å². The second-order valence-corrected chi connectivity index (χ2v) is 4.25. The Morgan fingerprint density at radius 2 is 2.43 bits per heavy atom. The van der Waals surface area contributed by atoms with E-state index in [0.29, 0.717) is 0 Å². The zero-order chi connectivity index (χ0) is 9.80. The first-order chi connectivity index (χ1) is 6.84. The van der Waals surface area contributed by atoms with Gasteiger partial charge in [0.25, 0.3) is 0 Å². The van der Waals surface area contributed by atoms with Gasteiger partial charge in [0.1, 0.15) is 12.4 Å². The van der Waals surface area contributed by atoms with E-state index >= 15 is 0 Å². The molecule has 3 heteroatoms. The molecule has 2 heterocycles. The lowest BCUT2D eigenvalue weighted by Crippen LogP contribution is -2.34. The van der Waals surface area contributed by atoms with Gasteiger partial charge in [0.2, 0.25) is 6.33 Å². The van der Waals surface area contributed by atoms with E-state index in [2.05, 4.69) is 40.2 Å². The molecule has 0 spiro atoms. The molecule has 1 aromatic rings. The summed E-state index contributed by atoms with van der Waals surface area (Å²) < 4.78 is 4.35. The van der Waals surface area contributed by atoms with Crippen molar-refractivity contribution in [3.63, 3.8) is 0 Å². The molecule has 0 aromatic carbocycles. The Bertz CT molecular complexity index is 274. The highest BCUT2D eigenvalue weighted by Crippen LogP contribution is 2.10. The van der Waals surface area contributed by atoms with Crippen LogP contribution in [0.4, 0.5) is 0 Å². The highest BCUT2D eigenvalue weighted by molar-refractivity contribution is 4.74. The Kier molecular flexibility index (Phi) is 3.19. The molecule has 1 atom stereocenters. The summed E-state index contributed by atoms with van der Waals surface area (Å²) in [4.78, 5) is 0. The predicted octanol–water partition coefficient (Wildman–Crippen LogP) is 0.845. The second-order valence-electron chi connectivity index (χ2n) is 4.25. The normalized spacial score (nSPS) is 22.5. The highest BCUT2D eigenvalue weighted by Gasteiger charge is 2.13. The van der Waals surface area contributed by atoms with Crippen LogP contribution in [0.5, 0.6) is 0 Å². The molecule has 0 amide bonds. The number of hydrogen-bond acceptors (Lipinski definition) is 1. The van der Waals surface area contributed by atoms with Crippen molar-refractivity contribution in [3.8, 4) is 0 Å². The van der Waals surface area contributed by atoms with Gasteiger partial charge in [-0.1, -0.05) is 6.42 Å². The fraction of sp³-hybridized carbons (Fsp3) is 0.727. The smallest absolute Gasteiger partial charge is 0.243 e. The maximum absolute atomic E-state index is 3.58. The first-order valence-corrected chi connectivity index (χ1v) is 5.59. The lowest BCUT2D eigenvalue weighted by Gasteiger charge is -2.22. The average molecular weight is 194 g/mol. The van der Waals surface area contributed by atoms with E-state index in [-0.39, 0.29) is 0 Å². The van der Waals surface area contributed by atoms with E-state index in [1.165, 1.54) is 32.2 Å².